The number of unbranched alkanes of at least 4 members (excludes halogenated alkanes) is 1. The van der Waals surface area contributed by atoms with E-state index >= 15 is 0 Å². The molecule has 0 unspecified atom stereocenters. The van der Waals surface area contributed by atoms with E-state index in [-0.39, 0.29) is 11.5 Å². The maximum absolute atomic E-state index is 13.9. The van der Waals surface area contributed by atoms with Gasteiger partial charge in [-0.2, -0.15) is 0 Å². The summed E-state index contributed by atoms with van der Waals surface area (Å²) in [7, 11) is 4.13. The fourth-order valence-corrected chi connectivity index (χ4v) is 4.68. The molecule has 0 saturated heterocycles. The van der Waals surface area contributed by atoms with Gasteiger partial charge in [0.25, 0.3) is 0 Å². The lowest BCUT2D eigenvalue weighted by molar-refractivity contribution is 0.101. The fourth-order valence-electron chi connectivity index (χ4n) is 4.68. The minimum Gasteiger partial charge on any atom is -0.494 e. The second kappa shape index (κ2) is 10.5. The smallest absolute Gasteiger partial charge is 0.229 e. The van der Waals surface area contributed by atoms with Gasteiger partial charge < -0.3 is 18.8 Å². The molecule has 0 atom stereocenters. The van der Waals surface area contributed by atoms with E-state index in [0.29, 0.717) is 35.0 Å². The third kappa shape index (κ3) is 5.09. The first-order valence-electron chi connectivity index (χ1n) is 12.5. The van der Waals surface area contributed by atoms with Crippen LogP contribution in [-0.2, 0) is 0 Å². The summed E-state index contributed by atoms with van der Waals surface area (Å²) in [5.74, 6) is 1.97. The molecule has 3 aromatic carbocycles. The Bertz CT molecular complexity index is 1490. The zero-order valence-corrected chi connectivity index (χ0v) is 21.5. The molecule has 1 aromatic heterocycles. The predicted molar refractivity (Wildman–Crippen MR) is 148 cm³/mol. The molecule has 0 saturated carbocycles. The van der Waals surface area contributed by atoms with Crippen molar-refractivity contribution in [1.82, 2.24) is 4.90 Å². The number of carbonyl (C=O) groups excluding carboxylic acids is 1. The number of allylic oxidation sites excluding steroid dienone is 2. The monoisotopic (exact) mass is 493 g/mol. The summed E-state index contributed by atoms with van der Waals surface area (Å²) >= 11 is 0. The maximum Gasteiger partial charge on any atom is 0.229 e. The van der Waals surface area contributed by atoms with Crippen LogP contribution in [0.4, 0.5) is 0 Å². The Morgan fingerprint density at radius 2 is 1.81 bits per heavy atom. The first-order valence-corrected chi connectivity index (χ1v) is 12.5. The number of furan rings is 1. The molecular formula is C32H31NO4. The van der Waals surface area contributed by atoms with E-state index in [0.717, 1.165) is 47.0 Å². The van der Waals surface area contributed by atoms with Gasteiger partial charge in [0.2, 0.25) is 5.78 Å². The third-order valence-corrected chi connectivity index (χ3v) is 6.48. The summed E-state index contributed by atoms with van der Waals surface area (Å²) in [5, 5.41) is 0.772. The van der Waals surface area contributed by atoms with Gasteiger partial charge in [-0.25, -0.2) is 0 Å². The van der Waals surface area contributed by atoms with Gasteiger partial charge in [0.1, 0.15) is 22.8 Å². The number of hydrogen-bond acceptors (Lipinski definition) is 5. The quantitative estimate of drug-likeness (QED) is 0.180. The van der Waals surface area contributed by atoms with Crippen molar-refractivity contribution in [2.75, 3.05) is 27.2 Å². The Labute approximate surface area is 217 Å². The van der Waals surface area contributed by atoms with Gasteiger partial charge >= 0.3 is 0 Å². The van der Waals surface area contributed by atoms with Crippen LogP contribution < -0.4 is 9.47 Å². The van der Waals surface area contributed by atoms with Gasteiger partial charge in [-0.1, -0.05) is 49.0 Å². The molecule has 1 aliphatic rings. The number of carbonyl (C=O) groups is 1. The molecule has 0 bridgehead atoms. The van der Waals surface area contributed by atoms with Gasteiger partial charge in [0.05, 0.1) is 12.0 Å². The Balaban J connectivity index is 1.54. The lowest BCUT2D eigenvalue weighted by atomic mass is 9.94. The molecule has 5 rings (SSSR count). The van der Waals surface area contributed by atoms with Crippen LogP contribution in [0.5, 0.6) is 11.5 Å². The summed E-state index contributed by atoms with van der Waals surface area (Å²) in [4.78, 5) is 16.0. The zero-order valence-electron chi connectivity index (χ0n) is 21.5. The van der Waals surface area contributed by atoms with Gasteiger partial charge in [0, 0.05) is 16.7 Å². The number of benzene rings is 3. The molecule has 0 radical (unpaired) electrons. The number of fused-ring (bicyclic) bond motifs is 3. The molecule has 5 nitrogen and oxygen atoms in total. The predicted octanol–water partition coefficient (Wildman–Crippen LogP) is 7.36. The summed E-state index contributed by atoms with van der Waals surface area (Å²) in [6.07, 6.45) is 3.91. The molecule has 0 aliphatic carbocycles. The van der Waals surface area contributed by atoms with Crippen molar-refractivity contribution in [3.05, 3.63) is 102 Å². The van der Waals surface area contributed by atoms with Crippen molar-refractivity contribution < 1.29 is 18.7 Å². The van der Waals surface area contributed by atoms with Crippen molar-refractivity contribution in [2.24, 2.45) is 0 Å². The summed E-state index contributed by atoms with van der Waals surface area (Å²) in [6.45, 7) is 7.65. The topological polar surface area (TPSA) is 51.9 Å². The lowest BCUT2D eigenvalue weighted by Gasteiger charge is -2.18. The molecule has 5 heteroatoms. The van der Waals surface area contributed by atoms with Gasteiger partial charge in [0.15, 0.2) is 5.76 Å². The van der Waals surface area contributed by atoms with Crippen LogP contribution >= 0.6 is 0 Å². The normalized spacial score (nSPS) is 12.9. The van der Waals surface area contributed by atoms with Crippen LogP contribution in [0.15, 0.2) is 89.6 Å². The van der Waals surface area contributed by atoms with Gasteiger partial charge in [-0.3, -0.25) is 4.79 Å². The van der Waals surface area contributed by atoms with Crippen LogP contribution in [0.25, 0.3) is 27.7 Å². The SMILES string of the molecule is C=C1C=C(C)c2ccc3oc(C(=O)c4cccc(OCCCCN(C)C)c4)c(-c4ccccc4)c3c2O1. The second-order valence-corrected chi connectivity index (χ2v) is 9.60. The highest BCUT2D eigenvalue weighted by Crippen LogP contribution is 2.46. The van der Waals surface area contributed by atoms with Crippen LogP contribution in [0, 0.1) is 0 Å². The Morgan fingerprint density at radius 3 is 2.59 bits per heavy atom. The Kier molecular flexibility index (Phi) is 6.97. The number of rotatable bonds is 9. The van der Waals surface area contributed by atoms with Crippen LogP contribution in [0.3, 0.4) is 0 Å². The second-order valence-electron chi connectivity index (χ2n) is 9.60. The average molecular weight is 494 g/mol. The first kappa shape index (κ1) is 24.6. The van der Waals surface area contributed by atoms with Crippen LogP contribution in [-0.4, -0.2) is 37.9 Å². The van der Waals surface area contributed by atoms with E-state index in [2.05, 4.69) is 25.6 Å². The fraction of sp³-hybridized carbons (Fsp3) is 0.219. The molecule has 4 aromatic rings. The molecule has 0 amide bonds. The van der Waals surface area contributed by atoms with Crippen LogP contribution in [0.1, 0.15) is 41.4 Å². The van der Waals surface area contributed by atoms with Crippen molar-refractivity contribution >= 4 is 22.3 Å². The third-order valence-electron chi connectivity index (χ3n) is 6.48. The number of ketones is 1. The van der Waals surface area contributed by atoms with Crippen molar-refractivity contribution in [3.8, 4) is 22.6 Å². The van der Waals surface area contributed by atoms with Crippen molar-refractivity contribution in [1.29, 1.82) is 0 Å². The molecule has 2 heterocycles. The Hall–Kier alpha value is -4.09. The summed E-state index contributed by atoms with van der Waals surface area (Å²) in [5.41, 5.74) is 4.72. The van der Waals surface area contributed by atoms with E-state index in [1.165, 1.54) is 0 Å². The minimum absolute atomic E-state index is 0.205. The van der Waals surface area contributed by atoms with E-state index in [9.17, 15) is 4.79 Å². The number of hydrogen-bond donors (Lipinski definition) is 0. The molecule has 0 fully saturated rings. The van der Waals surface area contributed by atoms with Crippen LogP contribution in [0.2, 0.25) is 0 Å². The maximum atomic E-state index is 13.9. The van der Waals surface area contributed by atoms with Gasteiger partial charge in [-0.15, -0.1) is 0 Å². The molecule has 1 aliphatic heterocycles. The standard InChI is InChI=1S/C32H31NO4/c1-21-19-22(2)36-31-26(21)15-16-27-29(31)28(23-11-6-5-7-12-23)32(37-27)30(34)24-13-10-14-25(20-24)35-18-9-8-17-33(3)4/h5-7,10-16,19-20H,2,8-9,17-18H2,1,3-4H3. The van der Waals surface area contributed by atoms with Gasteiger partial charge in [-0.05, 0) is 81.9 Å². The molecule has 0 N–H and O–H groups in total. The highest BCUT2D eigenvalue weighted by molar-refractivity contribution is 6.17. The summed E-state index contributed by atoms with van der Waals surface area (Å²) < 4.78 is 18.3. The highest BCUT2D eigenvalue weighted by Gasteiger charge is 2.28. The number of ether oxygens (including phenoxy) is 2. The van der Waals surface area contributed by atoms with Crippen molar-refractivity contribution in [2.45, 2.75) is 19.8 Å². The molecular weight excluding hydrogens is 462 g/mol. The largest absolute Gasteiger partial charge is 0.494 e. The summed E-state index contributed by atoms with van der Waals surface area (Å²) in [6, 6.07) is 21.0. The molecule has 188 valence electrons. The zero-order chi connectivity index (χ0) is 25.9. The molecule has 37 heavy (non-hydrogen) atoms. The minimum atomic E-state index is -0.205. The lowest BCUT2D eigenvalue weighted by Crippen LogP contribution is -2.13. The first-order chi connectivity index (χ1) is 17.9. The Morgan fingerprint density at radius 1 is 1.00 bits per heavy atom. The van der Waals surface area contributed by atoms with Crippen molar-refractivity contribution in [3.63, 3.8) is 0 Å². The number of nitrogens with zero attached hydrogens (tertiary/aromatic N) is 1. The van der Waals surface area contributed by atoms with E-state index in [1.807, 2.05) is 67.6 Å². The van der Waals surface area contributed by atoms with E-state index in [1.54, 1.807) is 12.1 Å². The van der Waals surface area contributed by atoms with E-state index < -0.39 is 0 Å². The highest BCUT2D eigenvalue weighted by atomic mass is 16.5. The van der Waals surface area contributed by atoms with E-state index in [4.69, 9.17) is 13.9 Å². The molecule has 0 spiro atoms. The average Bonchev–Trinajstić information content (AvgIpc) is 3.29.